The van der Waals surface area contributed by atoms with Crippen LogP contribution in [0.2, 0.25) is 0 Å². The van der Waals surface area contributed by atoms with Gasteiger partial charge in [0.25, 0.3) is 0 Å². The highest BCUT2D eigenvalue weighted by Gasteiger charge is 2.17. The van der Waals surface area contributed by atoms with Crippen molar-refractivity contribution < 1.29 is 9.47 Å². The molecule has 1 aliphatic rings. The highest BCUT2D eigenvalue weighted by molar-refractivity contribution is 5.79. The van der Waals surface area contributed by atoms with E-state index >= 15 is 0 Å². The van der Waals surface area contributed by atoms with E-state index in [1.807, 2.05) is 7.05 Å². The van der Waals surface area contributed by atoms with Gasteiger partial charge in [-0.2, -0.15) is 0 Å². The number of methoxy groups -OCH3 is 1. The van der Waals surface area contributed by atoms with E-state index in [2.05, 4.69) is 64.4 Å². The number of aliphatic imine (C=N–C) groups is 1. The molecule has 0 aromatic heterocycles. The smallest absolute Gasteiger partial charge is 0.191 e. The summed E-state index contributed by atoms with van der Waals surface area (Å²) in [4.78, 5) is 9.49. The Morgan fingerprint density at radius 3 is 2.55 bits per heavy atom. The zero-order chi connectivity index (χ0) is 22.5. The van der Waals surface area contributed by atoms with Crippen LogP contribution in [0.15, 0.2) is 23.2 Å². The molecule has 1 atom stereocenters. The summed E-state index contributed by atoms with van der Waals surface area (Å²) >= 11 is 0. The van der Waals surface area contributed by atoms with Crippen LogP contribution in [0, 0.1) is 12.8 Å². The molecule has 31 heavy (non-hydrogen) atoms. The fraction of sp³-hybridized carbons (Fsp3) is 0.708. The van der Waals surface area contributed by atoms with Crippen LogP contribution < -0.4 is 15.4 Å². The Labute approximate surface area is 189 Å². The normalized spacial score (nSPS) is 16.9. The highest BCUT2D eigenvalue weighted by atomic mass is 16.5. The van der Waals surface area contributed by atoms with Crippen molar-refractivity contribution in [2.24, 2.45) is 10.9 Å². The molecule has 2 rings (SSSR count). The number of nitrogens with one attached hydrogen (secondary N) is 2. The summed E-state index contributed by atoms with van der Waals surface area (Å²) in [6.45, 7) is 16.6. The highest BCUT2D eigenvalue weighted by Crippen LogP contribution is 2.20. The summed E-state index contributed by atoms with van der Waals surface area (Å²) in [5.74, 6) is 2.32. The van der Waals surface area contributed by atoms with Crippen molar-refractivity contribution in [1.29, 1.82) is 0 Å². The Balaban J connectivity index is 1.76. The predicted molar refractivity (Wildman–Crippen MR) is 129 cm³/mol. The molecule has 0 amide bonds. The minimum Gasteiger partial charge on any atom is -0.493 e. The summed E-state index contributed by atoms with van der Waals surface area (Å²) < 4.78 is 11.1. The first-order chi connectivity index (χ1) is 15.0. The summed E-state index contributed by atoms with van der Waals surface area (Å²) in [5.41, 5.74) is 2.33. The van der Waals surface area contributed by atoms with Crippen LogP contribution in [-0.4, -0.2) is 88.9 Å². The van der Waals surface area contributed by atoms with Gasteiger partial charge in [-0.05, 0) is 31.0 Å². The average molecular weight is 434 g/mol. The summed E-state index contributed by atoms with van der Waals surface area (Å²) in [5, 5.41) is 6.92. The molecule has 1 fully saturated rings. The minimum absolute atomic E-state index is 0.561. The van der Waals surface area contributed by atoms with E-state index in [0.717, 1.165) is 43.3 Å². The first-order valence-corrected chi connectivity index (χ1v) is 11.7. The monoisotopic (exact) mass is 433 g/mol. The van der Waals surface area contributed by atoms with Gasteiger partial charge in [-0.15, -0.1) is 0 Å². The summed E-state index contributed by atoms with van der Waals surface area (Å²) in [6.07, 6.45) is 0.881. The number of aryl methyl sites for hydroxylation is 1. The third kappa shape index (κ3) is 9.46. The number of hydrogen-bond acceptors (Lipinski definition) is 5. The Bertz CT molecular complexity index is 659. The van der Waals surface area contributed by atoms with Crippen molar-refractivity contribution in [2.45, 2.75) is 33.7 Å². The summed E-state index contributed by atoms with van der Waals surface area (Å²) in [6, 6.07) is 6.34. The molecule has 0 saturated carbocycles. The molecule has 7 heteroatoms. The zero-order valence-electron chi connectivity index (χ0n) is 20.2. The fourth-order valence-electron chi connectivity index (χ4n) is 3.79. The molecule has 176 valence electrons. The molecule has 0 bridgehead atoms. The van der Waals surface area contributed by atoms with Crippen molar-refractivity contribution >= 4 is 5.96 Å². The van der Waals surface area contributed by atoms with Crippen LogP contribution in [0.1, 0.15) is 31.4 Å². The molecule has 1 unspecified atom stereocenters. The first-order valence-electron chi connectivity index (χ1n) is 11.7. The summed E-state index contributed by atoms with van der Waals surface area (Å²) in [7, 11) is 3.54. The second-order valence-electron chi connectivity index (χ2n) is 8.45. The van der Waals surface area contributed by atoms with Crippen LogP contribution in [0.25, 0.3) is 0 Å². The van der Waals surface area contributed by atoms with Crippen LogP contribution >= 0.6 is 0 Å². The number of guanidine groups is 1. The first kappa shape index (κ1) is 25.4. The zero-order valence-corrected chi connectivity index (χ0v) is 20.2. The van der Waals surface area contributed by atoms with Gasteiger partial charge in [-0.25, -0.2) is 0 Å². The van der Waals surface area contributed by atoms with Gasteiger partial charge in [0.05, 0.1) is 6.61 Å². The second kappa shape index (κ2) is 14.3. The standard InChI is InChI=1S/C24H43N5O2/c1-6-28-10-12-29(13-11-28)19-21(3)17-26-24(25-4)27-18-22-9-8-20(2)16-23(22)31-15-7-14-30-5/h8-9,16,21H,6-7,10-15,17-19H2,1-5H3,(H2,25,26,27). The molecule has 1 aliphatic heterocycles. The van der Waals surface area contributed by atoms with Crippen LogP contribution in [0.3, 0.4) is 0 Å². The van der Waals surface area contributed by atoms with E-state index in [9.17, 15) is 0 Å². The van der Waals surface area contributed by atoms with Gasteiger partial charge in [-0.3, -0.25) is 4.99 Å². The maximum absolute atomic E-state index is 6.00. The van der Waals surface area contributed by atoms with Gasteiger partial charge < -0.3 is 29.9 Å². The lowest BCUT2D eigenvalue weighted by Crippen LogP contribution is -2.48. The van der Waals surface area contributed by atoms with Crippen LogP contribution in [0.5, 0.6) is 5.75 Å². The molecule has 0 aliphatic carbocycles. The van der Waals surface area contributed by atoms with Gasteiger partial charge in [0.15, 0.2) is 5.96 Å². The molecule has 0 spiro atoms. The van der Waals surface area contributed by atoms with Gasteiger partial charge >= 0.3 is 0 Å². The molecule has 0 radical (unpaired) electrons. The number of likely N-dealkylation sites (N-methyl/N-ethyl adjacent to an activating group) is 1. The molecule has 7 nitrogen and oxygen atoms in total. The quantitative estimate of drug-likeness (QED) is 0.300. The lowest BCUT2D eigenvalue weighted by molar-refractivity contribution is 0.124. The molecule has 1 aromatic rings. The van der Waals surface area contributed by atoms with E-state index in [-0.39, 0.29) is 0 Å². The van der Waals surface area contributed by atoms with Crippen molar-refractivity contribution in [3.8, 4) is 5.75 Å². The van der Waals surface area contributed by atoms with Gasteiger partial charge in [0.1, 0.15) is 5.75 Å². The Morgan fingerprint density at radius 2 is 1.87 bits per heavy atom. The van der Waals surface area contributed by atoms with Gasteiger partial charge in [0.2, 0.25) is 0 Å². The van der Waals surface area contributed by atoms with E-state index in [1.165, 1.54) is 31.7 Å². The van der Waals surface area contributed by atoms with Crippen molar-refractivity contribution in [3.63, 3.8) is 0 Å². The topological polar surface area (TPSA) is 61.4 Å². The largest absolute Gasteiger partial charge is 0.493 e. The Hall–Kier alpha value is -1.83. The number of nitrogens with zero attached hydrogens (tertiary/aromatic N) is 3. The molecule has 1 saturated heterocycles. The lowest BCUT2D eigenvalue weighted by Gasteiger charge is -2.35. The lowest BCUT2D eigenvalue weighted by atomic mass is 10.1. The molecule has 2 N–H and O–H groups in total. The maximum atomic E-state index is 6.00. The number of benzene rings is 1. The third-order valence-electron chi connectivity index (χ3n) is 5.74. The number of ether oxygens (including phenoxy) is 2. The molecule has 1 aromatic carbocycles. The minimum atomic E-state index is 0.561. The molecular weight excluding hydrogens is 390 g/mol. The van der Waals surface area contributed by atoms with Gasteiger partial charge in [0, 0.05) is 78.6 Å². The van der Waals surface area contributed by atoms with Crippen molar-refractivity contribution in [1.82, 2.24) is 20.4 Å². The Morgan fingerprint density at radius 1 is 1.13 bits per heavy atom. The number of rotatable bonds is 12. The van der Waals surface area contributed by atoms with Gasteiger partial charge in [-0.1, -0.05) is 26.0 Å². The van der Waals surface area contributed by atoms with Crippen LogP contribution in [-0.2, 0) is 11.3 Å². The fourth-order valence-corrected chi connectivity index (χ4v) is 3.79. The van der Waals surface area contributed by atoms with E-state index in [4.69, 9.17) is 9.47 Å². The molecular formula is C24H43N5O2. The maximum Gasteiger partial charge on any atom is 0.191 e. The van der Waals surface area contributed by atoms with E-state index < -0.39 is 0 Å². The average Bonchev–Trinajstić information content (AvgIpc) is 2.78. The molecule has 1 heterocycles. The second-order valence-corrected chi connectivity index (χ2v) is 8.45. The van der Waals surface area contributed by atoms with Crippen LogP contribution in [0.4, 0.5) is 0 Å². The van der Waals surface area contributed by atoms with E-state index in [1.54, 1.807) is 7.11 Å². The number of hydrogen-bond donors (Lipinski definition) is 2. The number of piperazine rings is 1. The van der Waals surface area contributed by atoms with E-state index in [0.29, 0.717) is 25.7 Å². The van der Waals surface area contributed by atoms with Crippen molar-refractivity contribution in [3.05, 3.63) is 29.3 Å². The Kier molecular flexibility index (Phi) is 11.7. The van der Waals surface area contributed by atoms with Crippen molar-refractivity contribution in [2.75, 3.05) is 73.2 Å². The predicted octanol–water partition coefficient (Wildman–Crippen LogP) is 2.35. The third-order valence-corrected chi connectivity index (χ3v) is 5.74. The SMILES string of the molecule is CCN1CCN(CC(C)CNC(=NC)NCc2ccc(C)cc2OCCCOC)CC1.